The van der Waals surface area contributed by atoms with Gasteiger partial charge in [-0.1, -0.05) is 23.7 Å². The molecule has 5 heteroatoms. The van der Waals surface area contributed by atoms with Crippen molar-refractivity contribution in [2.75, 3.05) is 11.9 Å². The maximum Gasteiger partial charge on any atom is 0.174 e. The van der Waals surface area contributed by atoms with Crippen LogP contribution in [0.5, 0.6) is 5.75 Å². The molecule has 0 saturated carbocycles. The Labute approximate surface area is 137 Å². The molecule has 1 N–H and O–H groups in total. The van der Waals surface area contributed by atoms with E-state index in [4.69, 9.17) is 21.6 Å². The molecule has 0 atom stereocenters. The van der Waals surface area contributed by atoms with Crippen molar-refractivity contribution >= 4 is 33.2 Å². The average Bonchev–Trinajstić information content (AvgIpc) is 2.48. The predicted molar refractivity (Wildman–Crippen MR) is 88.8 cm³/mol. The number of rotatable bonds is 5. The van der Waals surface area contributed by atoms with Gasteiger partial charge < -0.3 is 10.1 Å². The van der Waals surface area contributed by atoms with E-state index in [2.05, 4.69) is 21.2 Å². The summed E-state index contributed by atoms with van der Waals surface area (Å²) in [7, 11) is 0. The van der Waals surface area contributed by atoms with E-state index in [1.165, 1.54) is 0 Å². The minimum atomic E-state index is 0.0619. The highest BCUT2D eigenvalue weighted by atomic mass is 79.9. The van der Waals surface area contributed by atoms with Crippen molar-refractivity contribution in [1.82, 2.24) is 0 Å². The van der Waals surface area contributed by atoms with Crippen LogP contribution in [0.2, 0.25) is 5.02 Å². The van der Waals surface area contributed by atoms with E-state index in [-0.39, 0.29) is 6.61 Å². The lowest BCUT2D eigenvalue weighted by atomic mass is 10.2. The van der Waals surface area contributed by atoms with Gasteiger partial charge in [0.05, 0.1) is 5.69 Å². The van der Waals surface area contributed by atoms with Crippen molar-refractivity contribution in [3.05, 3.63) is 57.0 Å². The van der Waals surface area contributed by atoms with E-state index in [0.717, 1.165) is 26.3 Å². The monoisotopic (exact) mass is 364 g/mol. The van der Waals surface area contributed by atoms with Crippen LogP contribution >= 0.6 is 27.5 Å². The molecule has 0 aromatic heterocycles. The second kappa shape index (κ2) is 7.35. The molecule has 108 valence electrons. The quantitative estimate of drug-likeness (QED) is 0.817. The Bertz CT molecular complexity index is 665. The lowest BCUT2D eigenvalue weighted by molar-refractivity contribution is 0.368. The third-order valence-electron chi connectivity index (χ3n) is 2.96. The number of hydrogen-bond acceptors (Lipinski definition) is 3. The molecule has 2 rings (SSSR count). The van der Waals surface area contributed by atoms with Crippen LogP contribution in [0.1, 0.15) is 11.1 Å². The molecule has 2 aromatic carbocycles. The highest BCUT2D eigenvalue weighted by Gasteiger charge is 2.04. The molecule has 0 heterocycles. The second-order valence-electron chi connectivity index (χ2n) is 4.53. The number of halogens is 2. The number of nitrogens with zero attached hydrogens (tertiary/aromatic N) is 1. The molecule has 0 aliphatic heterocycles. The Hall–Kier alpha value is -1.70. The van der Waals surface area contributed by atoms with E-state index < -0.39 is 0 Å². The van der Waals surface area contributed by atoms with Crippen LogP contribution in [0.15, 0.2) is 40.9 Å². The largest absolute Gasteiger partial charge is 0.479 e. The van der Waals surface area contributed by atoms with Crippen LogP contribution in [-0.2, 0) is 6.54 Å². The van der Waals surface area contributed by atoms with E-state index in [1.54, 1.807) is 0 Å². The van der Waals surface area contributed by atoms with Gasteiger partial charge in [0.2, 0.25) is 0 Å². The maximum absolute atomic E-state index is 8.46. The van der Waals surface area contributed by atoms with Crippen molar-refractivity contribution in [3.8, 4) is 11.8 Å². The molecular formula is C16H14BrClN2O. The van der Waals surface area contributed by atoms with E-state index in [9.17, 15) is 0 Å². The molecule has 0 bridgehead atoms. The Kier molecular flexibility index (Phi) is 5.49. The summed E-state index contributed by atoms with van der Waals surface area (Å²) in [5.74, 6) is 0.694. The minimum absolute atomic E-state index is 0.0619. The van der Waals surface area contributed by atoms with Gasteiger partial charge in [-0.3, -0.25) is 0 Å². The van der Waals surface area contributed by atoms with Gasteiger partial charge in [0.25, 0.3) is 0 Å². The summed E-state index contributed by atoms with van der Waals surface area (Å²) in [5, 5.41) is 12.5. The number of nitrogens with one attached hydrogen (secondary N) is 1. The van der Waals surface area contributed by atoms with E-state index >= 15 is 0 Å². The number of benzene rings is 2. The first kappa shape index (κ1) is 15.7. The maximum atomic E-state index is 8.46. The average molecular weight is 366 g/mol. The Morgan fingerprint density at radius 2 is 2.00 bits per heavy atom. The summed E-state index contributed by atoms with van der Waals surface area (Å²) in [6, 6.07) is 13.5. The third kappa shape index (κ3) is 4.38. The summed E-state index contributed by atoms with van der Waals surface area (Å²) in [6.45, 7) is 2.71. The Balaban J connectivity index is 2.00. The van der Waals surface area contributed by atoms with Crippen LogP contribution in [0.4, 0.5) is 5.69 Å². The number of aryl methyl sites for hydroxylation is 1. The van der Waals surface area contributed by atoms with Crippen LogP contribution in [0.25, 0.3) is 0 Å². The SMILES string of the molecule is Cc1cc(Br)c(NCc2ccc(OCC#N)cc2)cc1Cl. The van der Waals surface area contributed by atoms with Gasteiger partial charge in [0.1, 0.15) is 11.8 Å². The standard InChI is InChI=1S/C16H14BrClN2O/c1-11-8-14(17)16(9-15(11)18)20-10-12-2-4-13(5-3-12)21-7-6-19/h2-5,8-9,20H,7,10H2,1H3. The number of nitriles is 1. The molecule has 0 spiro atoms. The number of hydrogen-bond donors (Lipinski definition) is 1. The van der Waals surface area contributed by atoms with Crippen molar-refractivity contribution in [2.24, 2.45) is 0 Å². The second-order valence-corrected chi connectivity index (χ2v) is 5.79. The molecule has 0 unspecified atom stereocenters. The summed E-state index contributed by atoms with van der Waals surface area (Å²) < 4.78 is 6.20. The van der Waals surface area contributed by atoms with Crippen molar-refractivity contribution in [3.63, 3.8) is 0 Å². The van der Waals surface area contributed by atoms with Crippen LogP contribution in [0.3, 0.4) is 0 Å². The van der Waals surface area contributed by atoms with Crippen LogP contribution in [-0.4, -0.2) is 6.61 Å². The van der Waals surface area contributed by atoms with Crippen LogP contribution in [0, 0.1) is 18.3 Å². The lowest BCUT2D eigenvalue weighted by Gasteiger charge is -2.11. The summed E-state index contributed by atoms with van der Waals surface area (Å²) in [4.78, 5) is 0. The fourth-order valence-electron chi connectivity index (χ4n) is 1.80. The molecule has 0 aliphatic rings. The highest BCUT2D eigenvalue weighted by molar-refractivity contribution is 9.10. The molecule has 0 saturated heterocycles. The van der Waals surface area contributed by atoms with Gasteiger partial charge in [-0.05, 0) is 58.2 Å². The van der Waals surface area contributed by atoms with Gasteiger partial charge in [0.15, 0.2) is 6.61 Å². The zero-order valence-electron chi connectivity index (χ0n) is 11.5. The van der Waals surface area contributed by atoms with Gasteiger partial charge >= 0.3 is 0 Å². The molecule has 3 nitrogen and oxygen atoms in total. The predicted octanol–water partition coefficient (Wildman–Crippen LogP) is 4.93. The molecule has 0 radical (unpaired) electrons. The fourth-order valence-corrected chi connectivity index (χ4v) is 2.56. The third-order valence-corrected chi connectivity index (χ3v) is 4.02. The van der Waals surface area contributed by atoms with E-state index in [1.807, 2.05) is 49.4 Å². The minimum Gasteiger partial charge on any atom is -0.479 e. The van der Waals surface area contributed by atoms with E-state index in [0.29, 0.717) is 12.3 Å². The van der Waals surface area contributed by atoms with Crippen molar-refractivity contribution in [2.45, 2.75) is 13.5 Å². The molecular weight excluding hydrogens is 352 g/mol. The van der Waals surface area contributed by atoms with Gasteiger partial charge in [-0.2, -0.15) is 5.26 Å². The highest BCUT2D eigenvalue weighted by Crippen LogP contribution is 2.29. The topological polar surface area (TPSA) is 45.0 Å². The Morgan fingerprint density at radius 1 is 1.29 bits per heavy atom. The Morgan fingerprint density at radius 3 is 2.67 bits per heavy atom. The number of ether oxygens (including phenoxy) is 1. The summed E-state index contributed by atoms with van der Waals surface area (Å²) >= 11 is 9.66. The first-order chi connectivity index (χ1) is 10.1. The zero-order chi connectivity index (χ0) is 15.2. The summed E-state index contributed by atoms with van der Waals surface area (Å²) in [5.41, 5.74) is 3.10. The smallest absolute Gasteiger partial charge is 0.174 e. The zero-order valence-corrected chi connectivity index (χ0v) is 13.8. The normalized spacial score (nSPS) is 10.0. The van der Waals surface area contributed by atoms with Gasteiger partial charge in [-0.25, -0.2) is 0 Å². The molecule has 21 heavy (non-hydrogen) atoms. The number of anilines is 1. The van der Waals surface area contributed by atoms with Crippen molar-refractivity contribution < 1.29 is 4.74 Å². The van der Waals surface area contributed by atoms with Crippen molar-refractivity contribution in [1.29, 1.82) is 5.26 Å². The summed E-state index contributed by atoms with van der Waals surface area (Å²) in [6.07, 6.45) is 0. The molecule has 0 fully saturated rings. The van der Waals surface area contributed by atoms with Gasteiger partial charge in [0, 0.05) is 16.0 Å². The molecule has 0 amide bonds. The molecule has 0 aliphatic carbocycles. The lowest BCUT2D eigenvalue weighted by Crippen LogP contribution is -2.01. The van der Waals surface area contributed by atoms with Crippen LogP contribution < -0.4 is 10.1 Å². The molecule has 2 aromatic rings. The first-order valence-corrected chi connectivity index (χ1v) is 7.55. The van der Waals surface area contributed by atoms with Gasteiger partial charge in [-0.15, -0.1) is 0 Å². The fraction of sp³-hybridized carbons (Fsp3) is 0.188. The first-order valence-electron chi connectivity index (χ1n) is 6.38.